The Morgan fingerprint density at radius 3 is 1.48 bits per heavy atom. The average molecular weight is 298 g/mol. The van der Waals surface area contributed by atoms with E-state index in [0.717, 1.165) is 6.42 Å². The van der Waals surface area contributed by atoms with E-state index in [-0.39, 0.29) is 5.97 Å². The quantitative estimate of drug-likeness (QED) is 0.249. The first-order valence-corrected chi connectivity index (χ1v) is 9.27. The van der Waals surface area contributed by atoms with Crippen molar-refractivity contribution in [2.45, 2.75) is 104 Å². The average Bonchev–Trinajstić information content (AvgIpc) is 2.50. The van der Waals surface area contributed by atoms with Crippen LogP contribution < -0.4 is 0 Å². The van der Waals surface area contributed by atoms with Crippen LogP contribution in [0.1, 0.15) is 104 Å². The van der Waals surface area contributed by atoms with E-state index in [9.17, 15) is 4.79 Å². The minimum atomic E-state index is -0.190. The Morgan fingerprint density at radius 1 is 0.714 bits per heavy atom. The van der Waals surface area contributed by atoms with Gasteiger partial charge in [0.15, 0.2) is 0 Å². The molecular formula is C19H37O2. The smallest absolute Gasteiger partial charge is 0.309 e. The fraction of sp³-hybridized carbons (Fsp3) is 0.895. The molecule has 0 aromatic heterocycles. The summed E-state index contributed by atoms with van der Waals surface area (Å²) in [6, 6.07) is 0. The Balaban J connectivity index is 2.98. The standard InChI is InChI=1S/C19H37O2/c1-3-5-6-7-8-9-10-11-12-13-14-15-16-17-18-21-19(20)4-2/h4H,3,5-18H2,1-2H3. The van der Waals surface area contributed by atoms with E-state index >= 15 is 0 Å². The highest BCUT2D eigenvalue weighted by Crippen LogP contribution is 2.12. The summed E-state index contributed by atoms with van der Waals surface area (Å²) in [4.78, 5) is 10.9. The third-order valence-corrected chi connectivity index (χ3v) is 3.98. The molecule has 0 aliphatic carbocycles. The van der Waals surface area contributed by atoms with Crippen molar-refractivity contribution >= 4 is 5.97 Å². The van der Waals surface area contributed by atoms with Gasteiger partial charge in [0.05, 0.1) is 13.0 Å². The number of carbonyl (C=O) groups excluding carboxylic acids is 1. The molecule has 125 valence electrons. The molecule has 21 heavy (non-hydrogen) atoms. The molecule has 0 saturated carbocycles. The minimum absolute atomic E-state index is 0.190. The maximum absolute atomic E-state index is 10.9. The normalized spacial score (nSPS) is 10.8. The first-order valence-electron chi connectivity index (χ1n) is 9.27. The largest absolute Gasteiger partial charge is 0.465 e. The summed E-state index contributed by atoms with van der Waals surface area (Å²) in [5, 5.41) is 0. The van der Waals surface area contributed by atoms with Crippen LogP contribution in [-0.4, -0.2) is 12.6 Å². The molecular weight excluding hydrogens is 260 g/mol. The van der Waals surface area contributed by atoms with Gasteiger partial charge in [-0.15, -0.1) is 0 Å². The fourth-order valence-corrected chi connectivity index (χ4v) is 2.55. The summed E-state index contributed by atoms with van der Waals surface area (Å²) >= 11 is 0. The van der Waals surface area contributed by atoms with Gasteiger partial charge in [-0.25, -0.2) is 0 Å². The van der Waals surface area contributed by atoms with Gasteiger partial charge in [0.2, 0.25) is 0 Å². The topological polar surface area (TPSA) is 26.3 Å². The Morgan fingerprint density at radius 2 is 1.10 bits per heavy atom. The van der Waals surface area contributed by atoms with E-state index in [0.29, 0.717) is 6.61 Å². The van der Waals surface area contributed by atoms with Crippen LogP contribution in [0.4, 0.5) is 0 Å². The van der Waals surface area contributed by atoms with Crippen LogP contribution >= 0.6 is 0 Å². The summed E-state index contributed by atoms with van der Waals surface area (Å²) in [6.07, 6.45) is 20.4. The van der Waals surface area contributed by atoms with E-state index in [1.165, 1.54) is 89.9 Å². The number of hydrogen-bond acceptors (Lipinski definition) is 2. The zero-order valence-electron chi connectivity index (χ0n) is 14.5. The molecule has 0 bridgehead atoms. The van der Waals surface area contributed by atoms with Crippen molar-refractivity contribution < 1.29 is 9.53 Å². The summed E-state index contributed by atoms with van der Waals surface area (Å²) < 4.78 is 5.00. The Hall–Kier alpha value is -0.530. The zero-order chi connectivity index (χ0) is 15.6. The van der Waals surface area contributed by atoms with Crippen molar-refractivity contribution in [2.24, 2.45) is 0 Å². The molecule has 0 aliphatic heterocycles. The number of esters is 1. The molecule has 0 spiro atoms. The first-order chi connectivity index (χ1) is 10.3. The number of unbranched alkanes of at least 4 members (excludes halogenated alkanes) is 13. The van der Waals surface area contributed by atoms with Crippen LogP contribution in [0, 0.1) is 6.42 Å². The van der Waals surface area contributed by atoms with Crippen LogP contribution in [0.15, 0.2) is 0 Å². The lowest BCUT2D eigenvalue weighted by Gasteiger charge is -2.04. The van der Waals surface area contributed by atoms with Gasteiger partial charge in [0.25, 0.3) is 0 Å². The van der Waals surface area contributed by atoms with Crippen molar-refractivity contribution in [1.29, 1.82) is 0 Å². The van der Waals surface area contributed by atoms with Crippen molar-refractivity contribution in [3.05, 3.63) is 6.42 Å². The molecule has 0 amide bonds. The van der Waals surface area contributed by atoms with Gasteiger partial charge in [-0.2, -0.15) is 0 Å². The Kier molecular flexibility index (Phi) is 17.1. The number of ether oxygens (including phenoxy) is 1. The molecule has 0 atom stereocenters. The second-order valence-electron chi connectivity index (χ2n) is 6.05. The van der Waals surface area contributed by atoms with Crippen LogP contribution in [0.2, 0.25) is 0 Å². The number of rotatable bonds is 16. The van der Waals surface area contributed by atoms with Gasteiger partial charge in [0.1, 0.15) is 0 Å². The summed E-state index contributed by atoms with van der Waals surface area (Å²) in [6.45, 7) is 4.57. The third kappa shape index (κ3) is 17.4. The van der Waals surface area contributed by atoms with E-state index in [1.807, 2.05) is 0 Å². The summed E-state index contributed by atoms with van der Waals surface area (Å²) in [5.74, 6) is -0.190. The highest BCUT2D eigenvalue weighted by molar-refractivity contribution is 5.78. The molecule has 0 rings (SSSR count). The molecule has 0 heterocycles. The molecule has 0 aromatic carbocycles. The van der Waals surface area contributed by atoms with Gasteiger partial charge in [-0.05, 0) is 6.42 Å². The second kappa shape index (κ2) is 17.5. The van der Waals surface area contributed by atoms with Gasteiger partial charge in [0, 0.05) is 0 Å². The molecule has 2 heteroatoms. The highest BCUT2D eigenvalue weighted by atomic mass is 16.5. The SMILES string of the molecule is C[CH]C(=O)OCCCCCCCCCCCCCCCC. The predicted octanol–water partition coefficient (Wildman–Crippen LogP) is 6.24. The molecule has 0 N–H and O–H groups in total. The van der Waals surface area contributed by atoms with Gasteiger partial charge < -0.3 is 4.74 Å². The predicted molar refractivity (Wildman–Crippen MR) is 91.2 cm³/mol. The van der Waals surface area contributed by atoms with Crippen LogP contribution in [0.5, 0.6) is 0 Å². The molecule has 1 radical (unpaired) electrons. The molecule has 0 unspecified atom stereocenters. The lowest BCUT2D eigenvalue weighted by Crippen LogP contribution is -2.04. The lowest BCUT2D eigenvalue weighted by atomic mass is 10.0. The second-order valence-corrected chi connectivity index (χ2v) is 6.05. The number of carbonyl (C=O) groups is 1. The lowest BCUT2D eigenvalue weighted by molar-refractivity contribution is -0.139. The maximum Gasteiger partial charge on any atom is 0.309 e. The van der Waals surface area contributed by atoms with Crippen LogP contribution in [0.3, 0.4) is 0 Å². The van der Waals surface area contributed by atoms with E-state index in [4.69, 9.17) is 4.74 Å². The zero-order valence-corrected chi connectivity index (χ0v) is 14.5. The van der Waals surface area contributed by atoms with Gasteiger partial charge in [-0.3, -0.25) is 4.79 Å². The van der Waals surface area contributed by atoms with Crippen molar-refractivity contribution in [3.63, 3.8) is 0 Å². The maximum atomic E-state index is 10.9. The van der Waals surface area contributed by atoms with Gasteiger partial charge in [-0.1, -0.05) is 97.3 Å². The first kappa shape index (κ1) is 20.5. The van der Waals surface area contributed by atoms with E-state index in [1.54, 1.807) is 6.92 Å². The van der Waals surface area contributed by atoms with Crippen molar-refractivity contribution in [2.75, 3.05) is 6.61 Å². The van der Waals surface area contributed by atoms with E-state index < -0.39 is 0 Å². The molecule has 0 aromatic rings. The van der Waals surface area contributed by atoms with E-state index in [2.05, 4.69) is 6.92 Å². The summed E-state index contributed by atoms with van der Waals surface area (Å²) in [5.41, 5.74) is 0. The van der Waals surface area contributed by atoms with Crippen LogP contribution in [-0.2, 0) is 9.53 Å². The number of hydrogen-bond donors (Lipinski definition) is 0. The van der Waals surface area contributed by atoms with Crippen molar-refractivity contribution in [1.82, 2.24) is 0 Å². The van der Waals surface area contributed by atoms with Crippen LogP contribution in [0.25, 0.3) is 0 Å². The van der Waals surface area contributed by atoms with Gasteiger partial charge >= 0.3 is 5.97 Å². The fourth-order valence-electron chi connectivity index (χ4n) is 2.55. The van der Waals surface area contributed by atoms with Crippen molar-refractivity contribution in [3.8, 4) is 0 Å². The molecule has 0 fully saturated rings. The Bertz CT molecular complexity index is 214. The highest BCUT2D eigenvalue weighted by Gasteiger charge is 1.98. The molecule has 2 nitrogen and oxygen atoms in total. The Labute approximate surface area is 133 Å². The molecule has 0 saturated heterocycles. The monoisotopic (exact) mass is 297 g/mol. The summed E-state index contributed by atoms with van der Waals surface area (Å²) in [7, 11) is 0. The minimum Gasteiger partial charge on any atom is -0.465 e. The third-order valence-electron chi connectivity index (χ3n) is 3.98. The molecule has 0 aliphatic rings.